The van der Waals surface area contributed by atoms with Crippen LogP contribution in [0.1, 0.15) is 18.7 Å². The zero-order chi connectivity index (χ0) is 14.8. The molecule has 0 saturated carbocycles. The lowest BCUT2D eigenvalue weighted by atomic mass is 10.1. The van der Waals surface area contributed by atoms with Crippen molar-refractivity contribution in [2.24, 2.45) is 12.8 Å². The van der Waals surface area contributed by atoms with E-state index >= 15 is 0 Å². The van der Waals surface area contributed by atoms with Gasteiger partial charge in [0.05, 0.1) is 0 Å². The van der Waals surface area contributed by atoms with Crippen molar-refractivity contribution in [3.05, 3.63) is 12.0 Å². The molecule has 1 fully saturated rings. The van der Waals surface area contributed by atoms with Crippen LogP contribution in [-0.2, 0) is 17.1 Å². The third-order valence-electron chi connectivity index (χ3n) is 3.72. The Labute approximate surface area is 120 Å². The number of rotatable bonds is 5. The third kappa shape index (κ3) is 3.57. The minimum atomic E-state index is -3.52. The smallest absolute Gasteiger partial charge is 0.259 e. The van der Waals surface area contributed by atoms with Gasteiger partial charge in [-0.15, -0.1) is 0 Å². The molecule has 114 valence electrons. The fourth-order valence-electron chi connectivity index (χ4n) is 2.39. The zero-order valence-electron chi connectivity index (χ0n) is 12.0. The van der Waals surface area contributed by atoms with Crippen LogP contribution in [-0.4, -0.2) is 55.1 Å². The maximum Gasteiger partial charge on any atom is 0.259 e. The lowest BCUT2D eigenvalue weighted by Gasteiger charge is -2.31. The van der Waals surface area contributed by atoms with Gasteiger partial charge in [0.2, 0.25) is 0 Å². The van der Waals surface area contributed by atoms with Gasteiger partial charge in [-0.05, 0) is 32.9 Å². The molecule has 0 unspecified atom stereocenters. The van der Waals surface area contributed by atoms with E-state index in [0.717, 1.165) is 32.5 Å². The number of aryl methyl sites for hydroxylation is 2. The molecular formula is C12H23N5O2S. The van der Waals surface area contributed by atoms with Crippen molar-refractivity contribution in [3.8, 4) is 0 Å². The number of nitrogens with one attached hydrogen (secondary N) is 1. The first-order chi connectivity index (χ1) is 9.42. The molecule has 0 amide bonds. The molecule has 0 spiro atoms. The number of imidazole rings is 1. The van der Waals surface area contributed by atoms with Crippen molar-refractivity contribution >= 4 is 10.0 Å². The average molecular weight is 301 g/mol. The van der Waals surface area contributed by atoms with E-state index < -0.39 is 10.0 Å². The summed E-state index contributed by atoms with van der Waals surface area (Å²) in [6.45, 7) is 5.06. The number of sulfonamides is 1. The highest BCUT2D eigenvalue weighted by Gasteiger charge is 2.26. The lowest BCUT2D eigenvalue weighted by Crippen LogP contribution is -2.45. The predicted octanol–water partition coefficient (Wildman–Crippen LogP) is -0.570. The van der Waals surface area contributed by atoms with Gasteiger partial charge in [0, 0.05) is 32.4 Å². The van der Waals surface area contributed by atoms with Crippen LogP contribution in [0.15, 0.2) is 11.2 Å². The zero-order valence-corrected chi connectivity index (χ0v) is 12.9. The van der Waals surface area contributed by atoms with Gasteiger partial charge in [-0.1, -0.05) is 0 Å². The Morgan fingerprint density at radius 2 is 2.10 bits per heavy atom. The number of piperidine rings is 1. The van der Waals surface area contributed by atoms with E-state index in [4.69, 9.17) is 5.73 Å². The van der Waals surface area contributed by atoms with Crippen molar-refractivity contribution in [3.63, 3.8) is 0 Å². The molecule has 2 heterocycles. The first-order valence-electron chi connectivity index (χ1n) is 6.87. The number of nitrogens with zero attached hydrogens (tertiary/aromatic N) is 3. The second kappa shape index (κ2) is 6.21. The predicted molar refractivity (Wildman–Crippen MR) is 76.8 cm³/mol. The molecule has 1 aliphatic heterocycles. The maximum atomic E-state index is 12.3. The van der Waals surface area contributed by atoms with E-state index in [1.807, 2.05) is 0 Å². The van der Waals surface area contributed by atoms with E-state index in [1.165, 1.54) is 0 Å². The first kappa shape index (κ1) is 15.4. The number of aromatic nitrogens is 2. The fourth-order valence-corrected chi connectivity index (χ4v) is 3.74. The van der Waals surface area contributed by atoms with Gasteiger partial charge in [0.1, 0.15) is 5.82 Å². The molecular weight excluding hydrogens is 278 g/mol. The molecule has 1 aliphatic rings. The van der Waals surface area contributed by atoms with Crippen LogP contribution >= 0.6 is 0 Å². The van der Waals surface area contributed by atoms with E-state index in [2.05, 4.69) is 14.6 Å². The molecule has 0 atom stereocenters. The minimum absolute atomic E-state index is 0.0173. The highest BCUT2D eigenvalue weighted by Crippen LogP contribution is 2.14. The van der Waals surface area contributed by atoms with Crippen molar-refractivity contribution < 1.29 is 8.42 Å². The van der Waals surface area contributed by atoms with Crippen LogP contribution < -0.4 is 10.5 Å². The van der Waals surface area contributed by atoms with Crippen LogP contribution in [0.2, 0.25) is 0 Å². The Bertz CT molecular complexity index is 527. The van der Waals surface area contributed by atoms with E-state index in [0.29, 0.717) is 12.4 Å². The lowest BCUT2D eigenvalue weighted by molar-refractivity contribution is 0.212. The molecule has 7 nitrogen and oxygen atoms in total. The summed E-state index contributed by atoms with van der Waals surface area (Å²) in [6.07, 6.45) is 3.16. The Morgan fingerprint density at radius 1 is 1.45 bits per heavy atom. The number of nitrogens with two attached hydrogens (primary N) is 1. The van der Waals surface area contributed by atoms with Gasteiger partial charge >= 0.3 is 0 Å². The fraction of sp³-hybridized carbons (Fsp3) is 0.750. The van der Waals surface area contributed by atoms with Gasteiger partial charge in [-0.3, -0.25) is 0 Å². The molecule has 0 radical (unpaired) electrons. The summed E-state index contributed by atoms with van der Waals surface area (Å²) in [5.74, 6) is 0.683. The number of hydrogen-bond acceptors (Lipinski definition) is 5. The van der Waals surface area contributed by atoms with Gasteiger partial charge in [0.15, 0.2) is 5.03 Å². The minimum Gasteiger partial charge on any atom is -0.337 e. The second-order valence-corrected chi connectivity index (χ2v) is 6.92. The summed E-state index contributed by atoms with van der Waals surface area (Å²) >= 11 is 0. The molecule has 0 bridgehead atoms. The van der Waals surface area contributed by atoms with Crippen LogP contribution in [0.3, 0.4) is 0 Å². The van der Waals surface area contributed by atoms with E-state index in [1.54, 1.807) is 24.7 Å². The SMILES string of the molecule is Cc1nc(S(=O)(=O)NC2CCN(CCN)CC2)cn1C. The molecule has 0 aromatic carbocycles. The quantitative estimate of drug-likeness (QED) is 0.760. The standard InChI is InChI=1S/C12H23N5O2S/c1-10-14-12(9-16(10)2)20(18,19)15-11-3-6-17(7-4-11)8-5-13/h9,11,15H,3-8,13H2,1-2H3. The Morgan fingerprint density at radius 3 is 2.60 bits per heavy atom. The topological polar surface area (TPSA) is 93.2 Å². The Kier molecular flexibility index (Phi) is 4.79. The summed E-state index contributed by atoms with van der Waals surface area (Å²) in [7, 11) is -1.73. The van der Waals surface area contributed by atoms with Gasteiger partial charge in [-0.2, -0.15) is 0 Å². The molecule has 20 heavy (non-hydrogen) atoms. The van der Waals surface area contributed by atoms with Crippen LogP contribution in [0.25, 0.3) is 0 Å². The van der Waals surface area contributed by atoms with Gasteiger partial charge in [-0.25, -0.2) is 18.1 Å². The highest BCUT2D eigenvalue weighted by molar-refractivity contribution is 7.89. The molecule has 2 rings (SSSR count). The molecule has 1 aromatic heterocycles. The summed E-state index contributed by atoms with van der Waals surface area (Å²) in [6, 6.07) is -0.0173. The van der Waals surface area contributed by atoms with Crippen LogP contribution in [0.4, 0.5) is 0 Å². The third-order valence-corrected chi connectivity index (χ3v) is 5.11. The molecule has 0 aliphatic carbocycles. The summed E-state index contributed by atoms with van der Waals surface area (Å²) < 4.78 is 29.0. The normalized spacial score (nSPS) is 18.6. The van der Waals surface area contributed by atoms with Crippen LogP contribution in [0.5, 0.6) is 0 Å². The van der Waals surface area contributed by atoms with Crippen molar-refractivity contribution in [1.29, 1.82) is 0 Å². The molecule has 3 N–H and O–H groups in total. The molecule has 8 heteroatoms. The maximum absolute atomic E-state index is 12.3. The van der Waals surface area contributed by atoms with E-state index in [-0.39, 0.29) is 11.1 Å². The number of likely N-dealkylation sites (tertiary alicyclic amines) is 1. The summed E-state index contributed by atoms with van der Waals surface area (Å²) in [4.78, 5) is 6.34. The average Bonchev–Trinajstić information content (AvgIpc) is 2.73. The van der Waals surface area contributed by atoms with Crippen molar-refractivity contribution in [2.75, 3.05) is 26.2 Å². The van der Waals surface area contributed by atoms with E-state index in [9.17, 15) is 8.42 Å². The van der Waals surface area contributed by atoms with Crippen LogP contribution in [0, 0.1) is 6.92 Å². The largest absolute Gasteiger partial charge is 0.337 e. The van der Waals surface area contributed by atoms with Gasteiger partial charge in [0.25, 0.3) is 10.0 Å². The number of hydrogen-bond donors (Lipinski definition) is 2. The van der Waals surface area contributed by atoms with Crippen molar-refractivity contribution in [1.82, 2.24) is 19.2 Å². The Hall–Kier alpha value is -0.960. The van der Waals surface area contributed by atoms with Crippen molar-refractivity contribution in [2.45, 2.75) is 30.8 Å². The Balaban J connectivity index is 1.96. The highest BCUT2D eigenvalue weighted by atomic mass is 32.2. The summed E-state index contributed by atoms with van der Waals surface area (Å²) in [5.41, 5.74) is 5.52. The summed E-state index contributed by atoms with van der Waals surface area (Å²) in [5, 5.41) is 0.0990. The first-order valence-corrected chi connectivity index (χ1v) is 8.35. The molecule has 1 saturated heterocycles. The second-order valence-electron chi connectivity index (χ2n) is 5.26. The monoisotopic (exact) mass is 301 g/mol. The van der Waals surface area contributed by atoms with Gasteiger partial charge < -0.3 is 15.2 Å². The molecule has 1 aromatic rings.